The number of hydrogen-bond donors (Lipinski definition) is 1. The molecule has 0 spiro atoms. The van der Waals surface area contributed by atoms with Crippen LogP contribution in [0.2, 0.25) is 5.02 Å². The van der Waals surface area contributed by atoms with Gasteiger partial charge >= 0.3 is 0 Å². The first-order chi connectivity index (χ1) is 9.22. The summed E-state index contributed by atoms with van der Waals surface area (Å²) in [6, 6.07) is 0.378. The molecule has 1 aliphatic heterocycles. The highest BCUT2D eigenvalue weighted by molar-refractivity contribution is 9.11. The molecule has 1 atom stereocenters. The van der Waals surface area contributed by atoms with Crippen molar-refractivity contribution < 1.29 is 18.0 Å². The summed E-state index contributed by atoms with van der Waals surface area (Å²) in [5, 5.41) is 0.289. The zero-order valence-corrected chi connectivity index (χ0v) is 14.2. The molecule has 10 heteroatoms. The van der Waals surface area contributed by atoms with Crippen LogP contribution in [0.1, 0.15) is 12.8 Å². The van der Waals surface area contributed by atoms with Crippen molar-refractivity contribution in [1.29, 1.82) is 0 Å². The molecule has 1 fully saturated rings. The average molecular weight is 402 g/mol. The van der Waals surface area contributed by atoms with Crippen LogP contribution in [0.25, 0.3) is 0 Å². The van der Waals surface area contributed by atoms with Crippen LogP contribution >= 0.6 is 38.9 Å². The van der Waals surface area contributed by atoms with E-state index < -0.39 is 22.0 Å². The van der Waals surface area contributed by atoms with Crippen molar-refractivity contribution in [3.05, 3.63) is 14.9 Å². The highest BCUT2D eigenvalue weighted by Gasteiger charge is 2.35. The Kier molecular flexibility index (Phi) is 4.55. The molecule has 1 aromatic rings. The lowest BCUT2D eigenvalue weighted by atomic mass is 10.1. The van der Waals surface area contributed by atoms with Crippen LogP contribution in [0.15, 0.2) is 14.1 Å². The molecule has 0 radical (unpaired) electrons. The number of hydrogen-bond acceptors (Lipinski definition) is 5. The van der Waals surface area contributed by atoms with Gasteiger partial charge in [-0.2, -0.15) is 4.72 Å². The lowest BCUT2D eigenvalue weighted by Crippen LogP contribution is -2.52. The standard InChI is InChI=1S/C10H10BrClN2O4S2/c1-14-7(15)3-2-6(10(14)16)13-20(17,18)8-4-5(12)9(11)19-8/h4,6,13H,2-3H2,1H3. The average Bonchev–Trinajstić information content (AvgIpc) is 2.71. The minimum Gasteiger partial charge on any atom is -0.284 e. The van der Waals surface area contributed by atoms with Crippen LogP contribution in [0.5, 0.6) is 0 Å². The van der Waals surface area contributed by atoms with Crippen molar-refractivity contribution >= 4 is 60.7 Å². The summed E-state index contributed by atoms with van der Waals surface area (Å²) in [6.07, 6.45) is 0.284. The molecule has 1 aliphatic rings. The molecule has 2 amide bonds. The van der Waals surface area contributed by atoms with Crippen molar-refractivity contribution in [2.45, 2.75) is 23.1 Å². The van der Waals surface area contributed by atoms with Gasteiger partial charge in [-0.15, -0.1) is 11.3 Å². The maximum Gasteiger partial charge on any atom is 0.250 e. The maximum absolute atomic E-state index is 12.2. The fourth-order valence-electron chi connectivity index (χ4n) is 1.73. The predicted molar refractivity (Wildman–Crippen MR) is 78.1 cm³/mol. The minimum absolute atomic E-state index is 0.0155. The van der Waals surface area contributed by atoms with E-state index in [4.69, 9.17) is 11.6 Å². The Morgan fingerprint density at radius 2 is 2.15 bits per heavy atom. The normalized spacial score (nSPS) is 20.6. The third-order valence-corrected chi connectivity index (χ3v) is 7.25. The van der Waals surface area contributed by atoms with E-state index in [1.807, 2.05) is 0 Å². The molecule has 110 valence electrons. The molecule has 1 saturated heterocycles. The molecule has 6 nitrogen and oxygen atoms in total. The molecule has 0 bridgehead atoms. The number of nitrogens with zero attached hydrogens (tertiary/aromatic N) is 1. The maximum atomic E-state index is 12.2. The number of rotatable bonds is 3. The number of nitrogens with one attached hydrogen (secondary N) is 1. The van der Waals surface area contributed by atoms with E-state index in [1.165, 1.54) is 13.1 Å². The van der Waals surface area contributed by atoms with Crippen molar-refractivity contribution in [3.8, 4) is 0 Å². The summed E-state index contributed by atoms with van der Waals surface area (Å²) in [7, 11) is -2.50. The number of imide groups is 1. The van der Waals surface area contributed by atoms with Crippen LogP contribution in [0.4, 0.5) is 0 Å². The van der Waals surface area contributed by atoms with E-state index in [-0.39, 0.29) is 28.0 Å². The molecule has 0 aromatic carbocycles. The van der Waals surface area contributed by atoms with Gasteiger partial charge in [-0.3, -0.25) is 14.5 Å². The van der Waals surface area contributed by atoms with E-state index >= 15 is 0 Å². The second-order valence-electron chi connectivity index (χ2n) is 4.19. The number of sulfonamides is 1. The Labute approximate surface area is 133 Å². The molecule has 1 unspecified atom stereocenters. The van der Waals surface area contributed by atoms with E-state index in [0.29, 0.717) is 3.79 Å². The van der Waals surface area contributed by atoms with E-state index in [0.717, 1.165) is 16.2 Å². The van der Waals surface area contributed by atoms with Gasteiger partial charge in [0.25, 0.3) is 10.0 Å². The fourth-order valence-corrected chi connectivity index (χ4v) is 5.37. The Hall–Kier alpha value is -0.480. The number of piperidine rings is 1. The Morgan fingerprint density at radius 1 is 1.50 bits per heavy atom. The monoisotopic (exact) mass is 400 g/mol. The smallest absolute Gasteiger partial charge is 0.250 e. The topological polar surface area (TPSA) is 83.6 Å². The van der Waals surface area contributed by atoms with Gasteiger partial charge in [-0.1, -0.05) is 11.6 Å². The molecule has 1 aromatic heterocycles. The second kappa shape index (κ2) is 5.72. The molecule has 2 heterocycles. The van der Waals surface area contributed by atoms with Gasteiger partial charge in [-0.05, 0) is 28.4 Å². The number of likely N-dealkylation sites (tertiary alicyclic amines) is 1. The van der Waals surface area contributed by atoms with Gasteiger partial charge < -0.3 is 0 Å². The SMILES string of the molecule is CN1C(=O)CCC(NS(=O)(=O)c2cc(Cl)c(Br)s2)C1=O. The van der Waals surface area contributed by atoms with Crippen LogP contribution in [0, 0.1) is 0 Å². The number of carbonyl (C=O) groups is 2. The lowest BCUT2D eigenvalue weighted by molar-refractivity contribution is -0.147. The van der Waals surface area contributed by atoms with Gasteiger partial charge in [0.15, 0.2) is 0 Å². The molecule has 20 heavy (non-hydrogen) atoms. The first-order valence-electron chi connectivity index (χ1n) is 5.50. The lowest BCUT2D eigenvalue weighted by Gasteiger charge is -2.27. The van der Waals surface area contributed by atoms with Crippen molar-refractivity contribution in [2.75, 3.05) is 7.05 Å². The van der Waals surface area contributed by atoms with E-state index in [2.05, 4.69) is 20.7 Å². The highest BCUT2D eigenvalue weighted by Crippen LogP contribution is 2.34. The fraction of sp³-hybridized carbons (Fsp3) is 0.400. The Morgan fingerprint density at radius 3 is 2.70 bits per heavy atom. The molecule has 0 saturated carbocycles. The number of likely N-dealkylation sites (N-methyl/N-ethyl adjacent to an activating group) is 1. The predicted octanol–water partition coefficient (Wildman–Crippen LogP) is 1.59. The molecule has 1 N–H and O–H groups in total. The van der Waals surface area contributed by atoms with E-state index in [1.54, 1.807) is 0 Å². The summed E-state index contributed by atoms with van der Waals surface area (Å²) in [5.74, 6) is -0.862. The largest absolute Gasteiger partial charge is 0.284 e. The first-order valence-corrected chi connectivity index (χ1v) is 8.97. The molecule has 2 rings (SSSR count). The van der Waals surface area contributed by atoms with Gasteiger partial charge in [-0.25, -0.2) is 8.42 Å². The Bertz CT molecular complexity index is 653. The van der Waals surface area contributed by atoms with Crippen LogP contribution in [-0.2, 0) is 19.6 Å². The zero-order valence-electron chi connectivity index (χ0n) is 10.2. The van der Waals surface area contributed by atoms with Gasteiger partial charge in [0, 0.05) is 13.5 Å². The quantitative estimate of drug-likeness (QED) is 0.780. The van der Waals surface area contributed by atoms with Gasteiger partial charge in [0.2, 0.25) is 11.8 Å². The van der Waals surface area contributed by atoms with E-state index in [9.17, 15) is 18.0 Å². The van der Waals surface area contributed by atoms with Crippen molar-refractivity contribution in [3.63, 3.8) is 0 Å². The van der Waals surface area contributed by atoms with Crippen LogP contribution < -0.4 is 4.72 Å². The van der Waals surface area contributed by atoms with Crippen molar-refractivity contribution in [2.24, 2.45) is 0 Å². The first kappa shape index (κ1) is 15.9. The summed E-state index contributed by atoms with van der Waals surface area (Å²) >= 11 is 9.89. The summed E-state index contributed by atoms with van der Waals surface area (Å²) in [5.41, 5.74) is 0. The summed E-state index contributed by atoms with van der Waals surface area (Å²) in [4.78, 5) is 24.1. The number of amides is 2. The van der Waals surface area contributed by atoms with Gasteiger partial charge in [0.05, 0.1) is 8.81 Å². The number of thiophene rings is 1. The number of carbonyl (C=O) groups excluding carboxylic acids is 2. The second-order valence-corrected chi connectivity index (χ2v) is 8.91. The minimum atomic E-state index is -3.84. The third kappa shape index (κ3) is 3.06. The Balaban J connectivity index is 2.21. The van der Waals surface area contributed by atoms with Gasteiger partial charge in [0.1, 0.15) is 10.3 Å². The zero-order chi connectivity index (χ0) is 15.1. The molecular formula is C10H10BrClN2O4S2. The highest BCUT2D eigenvalue weighted by atomic mass is 79.9. The number of halogens is 2. The molecular weight excluding hydrogens is 392 g/mol. The summed E-state index contributed by atoms with van der Waals surface area (Å²) in [6.45, 7) is 0. The third-order valence-electron chi connectivity index (χ3n) is 2.83. The molecule has 0 aliphatic carbocycles. The van der Waals surface area contributed by atoms with Crippen LogP contribution in [0.3, 0.4) is 0 Å². The summed E-state index contributed by atoms with van der Waals surface area (Å²) < 4.78 is 27.2. The van der Waals surface area contributed by atoms with Crippen LogP contribution in [-0.4, -0.2) is 38.2 Å². The van der Waals surface area contributed by atoms with Crippen molar-refractivity contribution in [1.82, 2.24) is 9.62 Å².